The highest BCUT2D eigenvalue weighted by molar-refractivity contribution is 6.31. The third-order valence-electron chi connectivity index (χ3n) is 6.37. The van der Waals surface area contributed by atoms with Gasteiger partial charge in [0, 0.05) is 37.4 Å². The lowest BCUT2D eigenvalue weighted by Gasteiger charge is -2.34. The summed E-state index contributed by atoms with van der Waals surface area (Å²) in [5.74, 6) is 0.925. The zero-order chi connectivity index (χ0) is 24.0. The number of allylic oxidation sites excluding steroid dienone is 1. The van der Waals surface area contributed by atoms with E-state index in [1.807, 2.05) is 72.2 Å². The molecular formula is C26H26ClN5O2. The molecule has 0 bridgehead atoms. The molecule has 0 amide bonds. The van der Waals surface area contributed by atoms with Crippen LogP contribution in [0.3, 0.4) is 0 Å². The first kappa shape index (κ1) is 22.2. The van der Waals surface area contributed by atoms with E-state index in [1.165, 1.54) is 9.13 Å². The summed E-state index contributed by atoms with van der Waals surface area (Å²) >= 11 is 6.40. The second-order valence-corrected chi connectivity index (χ2v) is 9.27. The number of halogens is 1. The molecule has 1 aliphatic heterocycles. The standard InChI is InChI=1S/C26H26ClN5O2/c1-17-15-31(21-13-7-12-20(27)18(21)2)25-28-23-22(32(25)16-17)24(33)30(26(34)29(23)3)14-8-11-19-9-5-4-6-10-19/h4-13,17H,14-16H2,1-3H3/b11-8+/t17-/m0/s1. The van der Waals surface area contributed by atoms with Crippen molar-refractivity contribution in [2.75, 3.05) is 11.4 Å². The zero-order valence-electron chi connectivity index (χ0n) is 19.4. The highest BCUT2D eigenvalue weighted by Gasteiger charge is 2.30. The number of aromatic nitrogens is 4. The molecule has 2 aromatic heterocycles. The quantitative estimate of drug-likeness (QED) is 0.440. The lowest BCUT2D eigenvalue weighted by atomic mass is 10.1. The number of hydrogen-bond acceptors (Lipinski definition) is 4. The number of anilines is 2. The van der Waals surface area contributed by atoms with E-state index in [9.17, 15) is 9.59 Å². The normalized spacial score (nSPS) is 15.9. The Morgan fingerprint density at radius 2 is 1.85 bits per heavy atom. The predicted molar refractivity (Wildman–Crippen MR) is 137 cm³/mol. The SMILES string of the molecule is Cc1c(Cl)cccc1N1C[C@H](C)Cn2c1nc1c2c(=O)n(C/C=C/c2ccccc2)c(=O)n1C. The fourth-order valence-corrected chi connectivity index (χ4v) is 4.79. The summed E-state index contributed by atoms with van der Waals surface area (Å²) in [4.78, 5) is 33.5. The van der Waals surface area contributed by atoms with Crippen LogP contribution >= 0.6 is 11.6 Å². The van der Waals surface area contributed by atoms with Crippen LogP contribution in [0.2, 0.25) is 5.02 Å². The van der Waals surface area contributed by atoms with Gasteiger partial charge < -0.3 is 9.47 Å². The number of fused-ring (bicyclic) bond motifs is 3. The van der Waals surface area contributed by atoms with Gasteiger partial charge in [-0.2, -0.15) is 4.98 Å². The number of rotatable bonds is 4. The van der Waals surface area contributed by atoms with Gasteiger partial charge in [-0.25, -0.2) is 4.79 Å². The van der Waals surface area contributed by atoms with Crippen LogP contribution in [0, 0.1) is 12.8 Å². The van der Waals surface area contributed by atoms with E-state index in [1.54, 1.807) is 7.05 Å². The van der Waals surface area contributed by atoms with Gasteiger partial charge in [0.2, 0.25) is 5.95 Å². The minimum absolute atomic E-state index is 0.184. The van der Waals surface area contributed by atoms with Crippen LogP contribution in [-0.2, 0) is 20.1 Å². The molecule has 174 valence electrons. The van der Waals surface area contributed by atoms with Gasteiger partial charge in [0.1, 0.15) is 0 Å². The molecule has 0 spiro atoms. The predicted octanol–water partition coefficient (Wildman–Crippen LogP) is 4.36. The van der Waals surface area contributed by atoms with Crippen molar-refractivity contribution < 1.29 is 0 Å². The van der Waals surface area contributed by atoms with Crippen molar-refractivity contribution in [1.82, 2.24) is 18.7 Å². The van der Waals surface area contributed by atoms with E-state index in [0.29, 0.717) is 28.7 Å². The molecule has 0 N–H and O–H groups in total. The second kappa shape index (κ2) is 8.65. The third-order valence-corrected chi connectivity index (χ3v) is 6.78. The molecule has 1 atom stereocenters. The van der Waals surface area contributed by atoms with E-state index in [2.05, 4.69) is 11.8 Å². The number of aryl methyl sites for hydroxylation is 1. The molecule has 0 saturated carbocycles. The van der Waals surface area contributed by atoms with Crippen LogP contribution in [0.15, 0.2) is 64.2 Å². The molecule has 3 heterocycles. The molecule has 8 heteroatoms. The summed E-state index contributed by atoms with van der Waals surface area (Å²) in [6.45, 7) is 5.70. The Kier molecular flexibility index (Phi) is 5.65. The third kappa shape index (κ3) is 3.66. The summed E-state index contributed by atoms with van der Waals surface area (Å²) < 4.78 is 4.68. The van der Waals surface area contributed by atoms with E-state index < -0.39 is 0 Å². The fourth-order valence-electron chi connectivity index (χ4n) is 4.62. The maximum Gasteiger partial charge on any atom is 0.332 e. The lowest BCUT2D eigenvalue weighted by molar-refractivity contribution is 0.457. The Balaban J connectivity index is 1.65. The first-order valence-electron chi connectivity index (χ1n) is 11.3. The molecule has 0 fully saturated rings. The molecule has 5 rings (SSSR count). The fraction of sp³-hybridized carbons (Fsp3) is 0.269. The van der Waals surface area contributed by atoms with Gasteiger partial charge in [-0.15, -0.1) is 0 Å². The highest BCUT2D eigenvalue weighted by atomic mass is 35.5. The number of hydrogen-bond donors (Lipinski definition) is 0. The van der Waals surface area contributed by atoms with Gasteiger partial charge in [0.05, 0.1) is 0 Å². The topological polar surface area (TPSA) is 65.1 Å². The molecule has 0 aliphatic carbocycles. The van der Waals surface area contributed by atoms with Crippen LogP contribution in [0.1, 0.15) is 18.1 Å². The average molecular weight is 476 g/mol. The Morgan fingerprint density at radius 3 is 2.62 bits per heavy atom. The van der Waals surface area contributed by atoms with Crippen molar-refractivity contribution in [1.29, 1.82) is 0 Å². The van der Waals surface area contributed by atoms with Gasteiger partial charge >= 0.3 is 5.69 Å². The van der Waals surface area contributed by atoms with Gasteiger partial charge in [-0.3, -0.25) is 13.9 Å². The molecule has 4 aromatic rings. The van der Waals surface area contributed by atoms with Crippen molar-refractivity contribution >= 4 is 40.5 Å². The van der Waals surface area contributed by atoms with Gasteiger partial charge in [0.15, 0.2) is 11.2 Å². The minimum atomic E-state index is -0.385. The molecule has 34 heavy (non-hydrogen) atoms. The van der Waals surface area contributed by atoms with Crippen molar-refractivity contribution in [3.05, 3.63) is 91.6 Å². The molecule has 1 aliphatic rings. The van der Waals surface area contributed by atoms with Crippen LogP contribution in [-0.4, -0.2) is 25.2 Å². The number of imidazole rings is 1. The van der Waals surface area contributed by atoms with Crippen molar-refractivity contribution in [2.45, 2.75) is 26.9 Å². The molecule has 0 radical (unpaired) electrons. The monoisotopic (exact) mass is 475 g/mol. The van der Waals surface area contributed by atoms with Crippen LogP contribution in [0.5, 0.6) is 0 Å². The van der Waals surface area contributed by atoms with Crippen LogP contribution in [0.25, 0.3) is 17.2 Å². The summed E-state index contributed by atoms with van der Waals surface area (Å²) in [6, 6.07) is 15.6. The van der Waals surface area contributed by atoms with Gasteiger partial charge in [-0.05, 0) is 36.1 Å². The molecule has 0 unspecified atom stereocenters. The molecular weight excluding hydrogens is 450 g/mol. The zero-order valence-corrected chi connectivity index (χ0v) is 20.2. The Morgan fingerprint density at radius 1 is 1.09 bits per heavy atom. The first-order chi connectivity index (χ1) is 16.4. The Hall–Kier alpha value is -3.58. The number of nitrogens with zero attached hydrogens (tertiary/aromatic N) is 5. The van der Waals surface area contributed by atoms with Crippen molar-refractivity contribution in [2.24, 2.45) is 13.0 Å². The lowest BCUT2D eigenvalue weighted by Crippen LogP contribution is -2.40. The van der Waals surface area contributed by atoms with Gasteiger partial charge in [-0.1, -0.05) is 67.1 Å². The van der Waals surface area contributed by atoms with Crippen LogP contribution in [0.4, 0.5) is 11.6 Å². The smallest absolute Gasteiger partial charge is 0.311 e. The Labute approximate surface area is 202 Å². The Bertz CT molecular complexity index is 1530. The summed E-state index contributed by atoms with van der Waals surface area (Å²) in [5.41, 5.74) is 3.04. The van der Waals surface area contributed by atoms with Crippen molar-refractivity contribution in [3.63, 3.8) is 0 Å². The largest absolute Gasteiger partial charge is 0.332 e. The number of benzene rings is 2. The van der Waals surface area contributed by atoms with Crippen molar-refractivity contribution in [3.8, 4) is 0 Å². The first-order valence-corrected chi connectivity index (χ1v) is 11.7. The van der Waals surface area contributed by atoms with E-state index >= 15 is 0 Å². The van der Waals surface area contributed by atoms with E-state index in [0.717, 1.165) is 23.4 Å². The minimum Gasteiger partial charge on any atom is -0.311 e. The summed E-state index contributed by atoms with van der Waals surface area (Å²) in [5, 5.41) is 0.679. The summed E-state index contributed by atoms with van der Waals surface area (Å²) in [7, 11) is 1.67. The van der Waals surface area contributed by atoms with Crippen LogP contribution < -0.4 is 16.1 Å². The maximum atomic E-state index is 13.6. The van der Waals surface area contributed by atoms with E-state index in [4.69, 9.17) is 16.6 Å². The molecule has 7 nitrogen and oxygen atoms in total. The van der Waals surface area contributed by atoms with E-state index in [-0.39, 0.29) is 23.7 Å². The van der Waals surface area contributed by atoms with Gasteiger partial charge in [0.25, 0.3) is 5.56 Å². The highest BCUT2D eigenvalue weighted by Crippen LogP contribution is 2.36. The summed E-state index contributed by atoms with van der Waals surface area (Å²) in [6.07, 6.45) is 3.75. The molecule has 2 aromatic carbocycles. The maximum absolute atomic E-state index is 13.6. The average Bonchev–Trinajstić information content (AvgIpc) is 3.21. The second-order valence-electron chi connectivity index (χ2n) is 8.86. The molecule has 0 saturated heterocycles.